The second-order valence-corrected chi connectivity index (χ2v) is 6.91. The van der Waals surface area contributed by atoms with Crippen molar-refractivity contribution in [2.75, 3.05) is 5.73 Å². The van der Waals surface area contributed by atoms with Crippen molar-refractivity contribution < 1.29 is 4.79 Å². The summed E-state index contributed by atoms with van der Waals surface area (Å²) in [6.07, 6.45) is 1.67. The summed E-state index contributed by atoms with van der Waals surface area (Å²) in [5, 5.41) is 12.9. The monoisotopic (exact) mass is 380 g/mol. The topological polar surface area (TPSA) is 98.2 Å². The second kappa shape index (κ2) is 8.50. The Bertz CT molecular complexity index is 947. The molecule has 138 valence electrons. The van der Waals surface area contributed by atoms with E-state index in [1.807, 2.05) is 42.8 Å². The maximum atomic E-state index is 12.3. The molecule has 0 aliphatic rings. The minimum absolute atomic E-state index is 0.253. The third-order valence-electron chi connectivity index (χ3n) is 3.91. The molecule has 0 radical (unpaired) electrons. The standard InChI is InChI=1S/C19H20N6OS/c1-13(15-7-9-17(20)10-8-15)22-23-18(26)16-5-3-14(4-6-16)11-27-19-24-21-12-25(19)2/h3-10,12H,11,20H2,1-2H3,(H,23,26)/b22-13-. The number of nitrogen functional groups attached to an aromatic ring is 1. The third-order valence-corrected chi connectivity index (χ3v) is 5.01. The van der Waals surface area contributed by atoms with Crippen LogP contribution in [0.1, 0.15) is 28.4 Å². The SMILES string of the molecule is C/C(=N/NC(=O)c1ccc(CSc2nncn2C)cc1)c1ccc(N)cc1. The van der Waals surface area contributed by atoms with E-state index >= 15 is 0 Å². The van der Waals surface area contributed by atoms with Crippen LogP contribution >= 0.6 is 11.8 Å². The number of aromatic nitrogens is 3. The molecule has 0 aliphatic heterocycles. The summed E-state index contributed by atoms with van der Waals surface area (Å²) in [7, 11) is 1.91. The highest BCUT2D eigenvalue weighted by Crippen LogP contribution is 2.20. The Kier molecular flexibility index (Phi) is 5.87. The fraction of sp³-hybridized carbons (Fsp3) is 0.158. The highest BCUT2D eigenvalue weighted by Gasteiger charge is 2.07. The van der Waals surface area contributed by atoms with Gasteiger partial charge in [-0.15, -0.1) is 10.2 Å². The zero-order valence-corrected chi connectivity index (χ0v) is 15.9. The quantitative estimate of drug-likeness (QED) is 0.297. The van der Waals surface area contributed by atoms with Crippen LogP contribution in [-0.4, -0.2) is 26.4 Å². The number of amides is 1. The van der Waals surface area contributed by atoms with E-state index in [-0.39, 0.29) is 5.91 Å². The Labute approximate surface area is 161 Å². The first kappa shape index (κ1) is 18.7. The normalized spacial score (nSPS) is 11.4. The number of nitrogens with two attached hydrogens (primary N) is 1. The average Bonchev–Trinajstić information content (AvgIpc) is 3.10. The fourth-order valence-corrected chi connectivity index (χ4v) is 3.14. The van der Waals surface area contributed by atoms with E-state index in [4.69, 9.17) is 5.73 Å². The first-order chi connectivity index (χ1) is 13.0. The minimum atomic E-state index is -0.253. The summed E-state index contributed by atoms with van der Waals surface area (Å²) < 4.78 is 1.87. The molecule has 7 nitrogen and oxygen atoms in total. The molecular weight excluding hydrogens is 360 g/mol. The summed E-state index contributed by atoms with van der Waals surface area (Å²) in [5.41, 5.74) is 12.2. The van der Waals surface area contributed by atoms with Gasteiger partial charge in [0, 0.05) is 24.1 Å². The zero-order valence-electron chi connectivity index (χ0n) is 15.1. The average molecular weight is 380 g/mol. The van der Waals surface area contributed by atoms with Crippen LogP contribution in [0.3, 0.4) is 0 Å². The molecule has 0 atom stereocenters. The summed E-state index contributed by atoms with van der Waals surface area (Å²) >= 11 is 1.59. The number of nitrogens with one attached hydrogen (secondary N) is 1. The van der Waals surface area contributed by atoms with Crippen LogP contribution in [0.2, 0.25) is 0 Å². The molecule has 0 saturated heterocycles. The number of hydrazone groups is 1. The van der Waals surface area contributed by atoms with Crippen LogP contribution in [0, 0.1) is 0 Å². The van der Waals surface area contributed by atoms with Gasteiger partial charge in [-0.25, -0.2) is 5.43 Å². The Morgan fingerprint density at radius 2 is 1.81 bits per heavy atom. The number of nitrogens with zero attached hydrogens (tertiary/aromatic N) is 4. The van der Waals surface area contributed by atoms with Gasteiger partial charge in [-0.2, -0.15) is 5.10 Å². The molecule has 1 heterocycles. The highest BCUT2D eigenvalue weighted by atomic mass is 32.2. The zero-order chi connectivity index (χ0) is 19.2. The van der Waals surface area contributed by atoms with Gasteiger partial charge in [0.15, 0.2) is 5.16 Å². The van der Waals surface area contributed by atoms with E-state index in [0.29, 0.717) is 17.0 Å². The first-order valence-corrected chi connectivity index (χ1v) is 9.28. The van der Waals surface area contributed by atoms with E-state index in [2.05, 4.69) is 20.7 Å². The van der Waals surface area contributed by atoms with Gasteiger partial charge >= 0.3 is 0 Å². The summed E-state index contributed by atoms with van der Waals surface area (Å²) in [6, 6.07) is 14.8. The molecule has 3 aromatic rings. The molecule has 8 heteroatoms. The van der Waals surface area contributed by atoms with Gasteiger partial charge < -0.3 is 10.3 Å². The smallest absolute Gasteiger partial charge is 0.271 e. The Morgan fingerprint density at radius 1 is 1.15 bits per heavy atom. The predicted molar refractivity (Wildman–Crippen MR) is 108 cm³/mol. The van der Waals surface area contributed by atoms with Gasteiger partial charge in [0.05, 0.1) is 5.71 Å². The van der Waals surface area contributed by atoms with Gasteiger partial charge in [-0.3, -0.25) is 4.79 Å². The van der Waals surface area contributed by atoms with Crippen molar-refractivity contribution in [2.45, 2.75) is 17.8 Å². The van der Waals surface area contributed by atoms with Crippen molar-refractivity contribution in [2.24, 2.45) is 12.1 Å². The Morgan fingerprint density at radius 3 is 2.44 bits per heavy atom. The molecule has 0 fully saturated rings. The maximum Gasteiger partial charge on any atom is 0.271 e. The second-order valence-electron chi connectivity index (χ2n) is 5.97. The lowest BCUT2D eigenvalue weighted by Gasteiger charge is -2.05. The van der Waals surface area contributed by atoms with Gasteiger partial charge in [0.25, 0.3) is 5.91 Å². The summed E-state index contributed by atoms with van der Waals surface area (Å²) in [4.78, 5) is 12.3. The molecule has 1 aromatic heterocycles. The van der Waals surface area contributed by atoms with Gasteiger partial charge in [-0.1, -0.05) is 36.0 Å². The van der Waals surface area contributed by atoms with E-state index in [0.717, 1.165) is 22.0 Å². The number of aryl methyl sites for hydroxylation is 1. The lowest BCUT2D eigenvalue weighted by molar-refractivity contribution is 0.0955. The molecule has 0 bridgehead atoms. The number of thioether (sulfide) groups is 1. The summed E-state index contributed by atoms with van der Waals surface area (Å²) in [6.45, 7) is 1.83. The van der Waals surface area contributed by atoms with Crippen LogP contribution in [0.25, 0.3) is 0 Å². The largest absolute Gasteiger partial charge is 0.399 e. The summed E-state index contributed by atoms with van der Waals surface area (Å²) in [5.74, 6) is 0.500. The van der Waals surface area contributed by atoms with E-state index in [9.17, 15) is 4.79 Å². The van der Waals surface area contributed by atoms with E-state index in [1.165, 1.54) is 0 Å². The van der Waals surface area contributed by atoms with Crippen molar-refractivity contribution in [3.63, 3.8) is 0 Å². The molecule has 0 aliphatic carbocycles. The van der Waals surface area contributed by atoms with Crippen molar-refractivity contribution in [3.8, 4) is 0 Å². The maximum absolute atomic E-state index is 12.3. The van der Waals surface area contributed by atoms with Crippen molar-refractivity contribution in [3.05, 3.63) is 71.5 Å². The highest BCUT2D eigenvalue weighted by molar-refractivity contribution is 7.98. The van der Waals surface area contributed by atoms with Crippen LogP contribution in [0.4, 0.5) is 5.69 Å². The molecule has 3 N–H and O–H groups in total. The number of carbonyl (C=O) groups is 1. The van der Waals surface area contributed by atoms with Gasteiger partial charge in [0.2, 0.25) is 0 Å². The molecule has 0 spiro atoms. The Hall–Kier alpha value is -3.13. The predicted octanol–water partition coefficient (Wildman–Crippen LogP) is 2.84. The number of rotatable bonds is 6. The molecule has 3 rings (SSSR count). The molecule has 1 amide bonds. The van der Waals surface area contributed by atoms with E-state index < -0.39 is 0 Å². The first-order valence-electron chi connectivity index (χ1n) is 8.29. The number of hydrogen-bond acceptors (Lipinski definition) is 6. The van der Waals surface area contributed by atoms with Crippen molar-refractivity contribution in [1.29, 1.82) is 0 Å². The Balaban J connectivity index is 1.57. The molecule has 0 unspecified atom stereocenters. The molecule has 0 saturated carbocycles. The third kappa shape index (κ3) is 4.95. The van der Waals surface area contributed by atoms with Crippen LogP contribution in [0.15, 0.2) is 65.1 Å². The van der Waals surface area contributed by atoms with Crippen LogP contribution in [-0.2, 0) is 12.8 Å². The number of carbonyl (C=O) groups excluding carboxylic acids is 1. The van der Waals surface area contributed by atoms with Crippen molar-refractivity contribution >= 4 is 29.1 Å². The lowest BCUT2D eigenvalue weighted by Crippen LogP contribution is -2.19. The lowest BCUT2D eigenvalue weighted by atomic mass is 10.1. The fourth-order valence-electron chi connectivity index (χ4n) is 2.29. The molecule has 27 heavy (non-hydrogen) atoms. The number of anilines is 1. The molecular formula is C19H20N6OS. The molecule has 2 aromatic carbocycles. The van der Waals surface area contributed by atoms with E-state index in [1.54, 1.807) is 42.4 Å². The van der Waals surface area contributed by atoms with Crippen molar-refractivity contribution in [1.82, 2.24) is 20.2 Å². The minimum Gasteiger partial charge on any atom is -0.399 e. The van der Waals surface area contributed by atoms with Crippen LogP contribution in [0.5, 0.6) is 0 Å². The van der Waals surface area contributed by atoms with Gasteiger partial charge in [-0.05, 0) is 42.3 Å². The van der Waals surface area contributed by atoms with Crippen LogP contribution < -0.4 is 11.2 Å². The van der Waals surface area contributed by atoms with Gasteiger partial charge in [0.1, 0.15) is 6.33 Å². The number of hydrogen-bond donors (Lipinski definition) is 2. The number of benzene rings is 2.